The summed E-state index contributed by atoms with van der Waals surface area (Å²) in [6.45, 7) is 4.04. The second-order valence-corrected chi connectivity index (χ2v) is 6.76. The lowest BCUT2D eigenvalue weighted by Gasteiger charge is -2.24. The van der Waals surface area contributed by atoms with Crippen molar-refractivity contribution >= 4 is 0 Å². The summed E-state index contributed by atoms with van der Waals surface area (Å²) < 4.78 is 14.1. The Morgan fingerprint density at radius 3 is 1.52 bits per heavy atom. The summed E-state index contributed by atoms with van der Waals surface area (Å²) in [6, 6.07) is 0. The van der Waals surface area contributed by atoms with Crippen LogP contribution in [0.2, 0.25) is 0 Å². The molecule has 4 rings (SSSR count). The Morgan fingerprint density at radius 1 is 0.655 bits per heavy atom. The lowest BCUT2D eigenvalue weighted by Crippen LogP contribution is -2.24. The number of rotatable bonds is 6. The van der Waals surface area contributed by atoms with E-state index in [-0.39, 0.29) is 0 Å². The molecule has 4 aromatic rings. The summed E-state index contributed by atoms with van der Waals surface area (Å²) in [5.74, 6) is 2.35. The van der Waals surface area contributed by atoms with Gasteiger partial charge in [0, 0.05) is 12.4 Å². The standard InChI is InChI=1S/C19H20N8O2/c1-19(2,13-5-20-7-15(24-13)26-11-22-9-17(26)28-3)14-6-21-8-16(25-14)27-12-23-10-18(27)29-4/h5-12H,1-4H3. The molecule has 0 saturated heterocycles. The molecule has 4 aromatic heterocycles. The first-order chi connectivity index (χ1) is 14.0. The predicted molar refractivity (Wildman–Crippen MR) is 104 cm³/mol. The number of aromatic nitrogens is 8. The Hall–Kier alpha value is -3.82. The van der Waals surface area contributed by atoms with Gasteiger partial charge in [-0.15, -0.1) is 0 Å². The molecular weight excluding hydrogens is 372 g/mol. The molecule has 0 aliphatic carbocycles. The number of hydrogen-bond acceptors (Lipinski definition) is 8. The number of ether oxygens (including phenoxy) is 2. The zero-order valence-electron chi connectivity index (χ0n) is 16.5. The molecule has 0 radical (unpaired) electrons. The van der Waals surface area contributed by atoms with Gasteiger partial charge in [0.25, 0.3) is 0 Å². The Labute approximate surface area is 167 Å². The van der Waals surface area contributed by atoms with Gasteiger partial charge in [-0.05, 0) is 13.8 Å². The second-order valence-electron chi connectivity index (χ2n) is 6.76. The number of nitrogens with zero attached hydrogens (tertiary/aromatic N) is 8. The largest absolute Gasteiger partial charge is 0.481 e. The van der Waals surface area contributed by atoms with Crippen molar-refractivity contribution in [2.75, 3.05) is 14.2 Å². The Bertz CT molecular complexity index is 1050. The van der Waals surface area contributed by atoms with Crippen LogP contribution >= 0.6 is 0 Å². The van der Waals surface area contributed by atoms with Gasteiger partial charge in [0.15, 0.2) is 11.6 Å². The molecule has 10 heteroatoms. The van der Waals surface area contributed by atoms with Gasteiger partial charge >= 0.3 is 0 Å². The maximum absolute atomic E-state index is 5.32. The predicted octanol–water partition coefficient (Wildman–Crippen LogP) is 1.98. The minimum absolute atomic E-state index is 0.562. The Kier molecular flexibility index (Phi) is 4.67. The molecule has 0 fully saturated rings. The van der Waals surface area contributed by atoms with Crippen LogP contribution in [0.15, 0.2) is 49.8 Å². The van der Waals surface area contributed by atoms with E-state index in [1.807, 2.05) is 13.8 Å². The maximum Gasteiger partial charge on any atom is 0.219 e. The highest BCUT2D eigenvalue weighted by molar-refractivity contribution is 5.34. The van der Waals surface area contributed by atoms with Gasteiger partial charge in [-0.2, -0.15) is 0 Å². The van der Waals surface area contributed by atoms with Crippen molar-refractivity contribution < 1.29 is 9.47 Å². The molecule has 29 heavy (non-hydrogen) atoms. The summed E-state index contributed by atoms with van der Waals surface area (Å²) in [5, 5.41) is 0. The van der Waals surface area contributed by atoms with E-state index in [9.17, 15) is 0 Å². The van der Waals surface area contributed by atoms with E-state index in [2.05, 4.69) is 19.9 Å². The molecule has 0 spiro atoms. The van der Waals surface area contributed by atoms with Crippen LogP contribution < -0.4 is 9.47 Å². The van der Waals surface area contributed by atoms with Crippen molar-refractivity contribution in [2.24, 2.45) is 0 Å². The quantitative estimate of drug-likeness (QED) is 0.490. The van der Waals surface area contributed by atoms with Gasteiger partial charge in [-0.25, -0.2) is 19.9 Å². The molecule has 0 atom stereocenters. The zero-order valence-corrected chi connectivity index (χ0v) is 16.5. The highest BCUT2D eigenvalue weighted by atomic mass is 16.5. The van der Waals surface area contributed by atoms with Gasteiger partial charge in [-0.3, -0.25) is 19.1 Å². The van der Waals surface area contributed by atoms with Crippen LogP contribution in [0.3, 0.4) is 0 Å². The summed E-state index contributed by atoms with van der Waals surface area (Å²) in [4.78, 5) is 26.5. The van der Waals surface area contributed by atoms with Gasteiger partial charge in [0.1, 0.15) is 12.7 Å². The normalized spacial score (nSPS) is 11.4. The Morgan fingerprint density at radius 2 is 1.10 bits per heavy atom. The molecule has 0 bridgehead atoms. The van der Waals surface area contributed by atoms with E-state index in [1.165, 1.54) is 0 Å². The van der Waals surface area contributed by atoms with Crippen molar-refractivity contribution in [3.8, 4) is 23.4 Å². The SMILES string of the molecule is COc1cncn1-c1cncc(C(C)(C)c2cncc(-n3cncc3OC)n2)n1. The minimum atomic E-state index is -0.562. The third-order valence-corrected chi connectivity index (χ3v) is 4.65. The van der Waals surface area contributed by atoms with Crippen LogP contribution in [-0.4, -0.2) is 53.3 Å². The van der Waals surface area contributed by atoms with Crippen molar-refractivity contribution in [2.45, 2.75) is 19.3 Å². The van der Waals surface area contributed by atoms with Crippen molar-refractivity contribution in [1.29, 1.82) is 0 Å². The first-order valence-corrected chi connectivity index (χ1v) is 8.83. The second kappa shape index (κ2) is 7.30. The summed E-state index contributed by atoms with van der Waals surface area (Å²) >= 11 is 0. The molecule has 0 N–H and O–H groups in total. The van der Waals surface area contributed by atoms with Crippen LogP contribution in [-0.2, 0) is 5.41 Å². The highest BCUT2D eigenvalue weighted by Gasteiger charge is 2.28. The van der Waals surface area contributed by atoms with Crippen molar-refractivity contribution in [3.63, 3.8) is 0 Å². The topological polar surface area (TPSA) is 106 Å². The summed E-state index contributed by atoms with van der Waals surface area (Å²) in [6.07, 6.45) is 13.2. The smallest absolute Gasteiger partial charge is 0.219 e. The van der Waals surface area contributed by atoms with E-state index in [1.54, 1.807) is 73.2 Å². The third kappa shape index (κ3) is 3.28. The average molecular weight is 392 g/mol. The average Bonchev–Trinajstić information content (AvgIpc) is 3.43. The number of imidazole rings is 2. The van der Waals surface area contributed by atoms with Crippen LogP contribution in [0.5, 0.6) is 11.8 Å². The van der Waals surface area contributed by atoms with E-state index >= 15 is 0 Å². The van der Waals surface area contributed by atoms with Crippen LogP contribution in [0, 0.1) is 0 Å². The van der Waals surface area contributed by atoms with Crippen molar-refractivity contribution in [3.05, 3.63) is 61.2 Å². The molecule has 0 aromatic carbocycles. The third-order valence-electron chi connectivity index (χ3n) is 4.65. The fourth-order valence-electron chi connectivity index (χ4n) is 2.89. The fourth-order valence-corrected chi connectivity index (χ4v) is 2.89. The molecule has 0 unspecified atom stereocenters. The first kappa shape index (κ1) is 18.5. The number of methoxy groups -OCH3 is 2. The summed E-state index contributed by atoms with van der Waals surface area (Å²) in [7, 11) is 3.17. The van der Waals surface area contributed by atoms with Gasteiger partial charge in [0.05, 0.1) is 55.8 Å². The van der Waals surface area contributed by atoms with E-state index in [4.69, 9.17) is 19.4 Å². The van der Waals surface area contributed by atoms with E-state index < -0.39 is 5.41 Å². The molecule has 148 valence electrons. The van der Waals surface area contributed by atoms with E-state index in [0.717, 1.165) is 11.4 Å². The molecule has 0 amide bonds. The first-order valence-electron chi connectivity index (χ1n) is 8.83. The van der Waals surface area contributed by atoms with Gasteiger partial charge in [-0.1, -0.05) is 0 Å². The zero-order chi connectivity index (χ0) is 20.4. The molecule has 0 aliphatic heterocycles. The molecule has 10 nitrogen and oxygen atoms in total. The minimum Gasteiger partial charge on any atom is -0.481 e. The molecular formula is C19H20N8O2. The molecule has 0 saturated carbocycles. The van der Waals surface area contributed by atoms with Gasteiger partial charge in [0.2, 0.25) is 11.8 Å². The van der Waals surface area contributed by atoms with Gasteiger partial charge < -0.3 is 9.47 Å². The molecule has 0 aliphatic rings. The summed E-state index contributed by atoms with van der Waals surface area (Å²) in [5.41, 5.74) is 0.901. The fraction of sp³-hybridized carbons (Fsp3) is 0.263. The van der Waals surface area contributed by atoms with Crippen molar-refractivity contribution in [1.82, 2.24) is 39.0 Å². The van der Waals surface area contributed by atoms with Crippen LogP contribution in [0.1, 0.15) is 25.2 Å². The van der Waals surface area contributed by atoms with Crippen LogP contribution in [0.4, 0.5) is 0 Å². The lowest BCUT2D eigenvalue weighted by molar-refractivity contribution is 0.388. The lowest BCUT2D eigenvalue weighted by atomic mass is 9.86. The van der Waals surface area contributed by atoms with E-state index in [0.29, 0.717) is 23.4 Å². The number of hydrogen-bond donors (Lipinski definition) is 0. The maximum atomic E-state index is 5.32. The van der Waals surface area contributed by atoms with Crippen LogP contribution in [0.25, 0.3) is 11.6 Å². The Balaban J connectivity index is 1.74. The monoisotopic (exact) mass is 392 g/mol. The highest BCUT2D eigenvalue weighted by Crippen LogP contribution is 2.29. The molecule has 4 heterocycles.